The molecule has 30 heavy (non-hydrogen) atoms. The number of piperidine rings is 1. The molecule has 0 spiro atoms. The normalized spacial score (nSPS) is 19.6. The number of carboxylic acid groups (broad SMARTS) is 1. The number of ether oxygens (including phenoxy) is 1. The van der Waals surface area contributed by atoms with Crippen LogP contribution >= 0.6 is 23.2 Å². The molecule has 0 saturated carbocycles. The summed E-state index contributed by atoms with van der Waals surface area (Å²) in [4.78, 5) is 25.6. The number of likely N-dealkylation sites (tertiary alicyclic amines) is 1. The molecular formula is C20H24Cl2N4O4. The van der Waals surface area contributed by atoms with E-state index in [1.54, 1.807) is 12.1 Å². The Kier molecular flexibility index (Phi) is 6.19. The van der Waals surface area contributed by atoms with E-state index in [0.29, 0.717) is 35.1 Å². The Balaban J connectivity index is 1.84. The van der Waals surface area contributed by atoms with Crippen LogP contribution < -0.4 is 16.0 Å². The average Bonchev–Trinajstić information content (AvgIpc) is 2.66. The lowest BCUT2D eigenvalue weighted by Crippen LogP contribution is -2.53. The molecule has 1 aliphatic rings. The lowest BCUT2D eigenvalue weighted by Gasteiger charge is -2.44. The second kappa shape index (κ2) is 8.35. The van der Waals surface area contributed by atoms with E-state index in [2.05, 4.69) is 5.10 Å². The fourth-order valence-electron chi connectivity index (χ4n) is 3.62. The number of nitrogens with two attached hydrogens (primary N) is 1. The maximum Gasteiger partial charge on any atom is 0.407 e. The van der Waals surface area contributed by atoms with Crippen LogP contribution in [0.1, 0.15) is 33.6 Å². The highest BCUT2D eigenvalue weighted by Crippen LogP contribution is 2.34. The maximum absolute atomic E-state index is 12.6. The van der Waals surface area contributed by atoms with Crippen molar-refractivity contribution in [2.45, 2.75) is 45.8 Å². The molecule has 2 atom stereocenters. The number of halogens is 2. The Labute approximate surface area is 184 Å². The Morgan fingerprint density at radius 3 is 2.57 bits per heavy atom. The van der Waals surface area contributed by atoms with Gasteiger partial charge in [-0.3, -0.25) is 4.79 Å². The van der Waals surface area contributed by atoms with Crippen molar-refractivity contribution in [2.75, 3.05) is 12.3 Å². The van der Waals surface area contributed by atoms with Crippen molar-refractivity contribution in [1.82, 2.24) is 14.7 Å². The van der Waals surface area contributed by atoms with Gasteiger partial charge < -0.3 is 20.5 Å². The van der Waals surface area contributed by atoms with Crippen molar-refractivity contribution in [3.63, 3.8) is 0 Å². The van der Waals surface area contributed by atoms with E-state index in [4.69, 9.17) is 33.7 Å². The second-order valence-electron chi connectivity index (χ2n) is 8.36. The number of rotatable bonds is 3. The summed E-state index contributed by atoms with van der Waals surface area (Å²) in [5.41, 5.74) is 5.78. The van der Waals surface area contributed by atoms with Crippen molar-refractivity contribution in [2.24, 2.45) is 5.41 Å². The van der Waals surface area contributed by atoms with Crippen molar-refractivity contribution in [3.8, 4) is 11.4 Å². The highest BCUT2D eigenvalue weighted by molar-refractivity contribution is 6.42. The smallest absolute Gasteiger partial charge is 0.407 e. The summed E-state index contributed by atoms with van der Waals surface area (Å²) < 4.78 is 7.11. The number of amides is 1. The summed E-state index contributed by atoms with van der Waals surface area (Å²) in [6, 6.07) is 5.75. The van der Waals surface area contributed by atoms with Crippen LogP contribution in [-0.4, -0.2) is 44.6 Å². The predicted molar refractivity (Wildman–Crippen MR) is 116 cm³/mol. The molecule has 2 unspecified atom stereocenters. The second-order valence-corrected chi connectivity index (χ2v) is 9.18. The van der Waals surface area contributed by atoms with E-state index in [1.807, 2.05) is 20.8 Å². The fraction of sp³-hybridized carbons (Fsp3) is 0.450. The fourth-order valence-corrected chi connectivity index (χ4v) is 3.91. The highest BCUT2D eigenvalue weighted by Gasteiger charge is 2.39. The number of anilines is 1. The molecule has 1 aliphatic heterocycles. The van der Waals surface area contributed by atoms with Crippen LogP contribution in [-0.2, 0) is 0 Å². The van der Waals surface area contributed by atoms with E-state index in [0.717, 1.165) is 4.68 Å². The van der Waals surface area contributed by atoms with E-state index in [9.17, 15) is 14.7 Å². The molecule has 8 nitrogen and oxygen atoms in total. The van der Waals surface area contributed by atoms with Crippen LogP contribution in [0.4, 0.5) is 10.6 Å². The Morgan fingerprint density at radius 1 is 1.27 bits per heavy atom. The predicted octanol–water partition coefficient (Wildman–Crippen LogP) is 4.06. The third-order valence-corrected chi connectivity index (χ3v) is 5.90. The molecule has 1 fully saturated rings. The SMILES string of the molecule is CC(C)(C)C1CC(Oc2cc(=O)n(-c3ccc(Cl)c(Cl)c3)nc2N)CCN1C(=O)O. The molecule has 162 valence electrons. The van der Waals surface area contributed by atoms with Gasteiger partial charge in [-0.05, 0) is 23.6 Å². The first kappa shape index (κ1) is 22.2. The van der Waals surface area contributed by atoms with Crippen LogP contribution in [0.5, 0.6) is 5.75 Å². The van der Waals surface area contributed by atoms with Gasteiger partial charge in [-0.1, -0.05) is 44.0 Å². The van der Waals surface area contributed by atoms with Gasteiger partial charge in [-0.15, -0.1) is 5.10 Å². The largest absolute Gasteiger partial charge is 0.486 e. The molecule has 0 aliphatic carbocycles. The Morgan fingerprint density at radius 2 is 1.97 bits per heavy atom. The number of nitrogen functional groups attached to an aromatic ring is 1. The van der Waals surface area contributed by atoms with Gasteiger partial charge in [0.15, 0.2) is 11.6 Å². The lowest BCUT2D eigenvalue weighted by molar-refractivity contribution is 0.0131. The summed E-state index contributed by atoms with van der Waals surface area (Å²) in [5.74, 6) is 0.228. The number of benzene rings is 1. The quantitative estimate of drug-likeness (QED) is 0.722. The Hall–Kier alpha value is -2.45. The molecular weight excluding hydrogens is 431 g/mol. The molecule has 2 aromatic rings. The van der Waals surface area contributed by atoms with Gasteiger partial charge >= 0.3 is 6.09 Å². The van der Waals surface area contributed by atoms with Gasteiger partial charge in [0.25, 0.3) is 5.56 Å². The highest BCUT2D eigenvalue weighted by atomic mass is 35.5. The van der Waals surface area contributed by atoms with Gasteiger partial charge in [-0.25, -0.2) is 4.79 Å². The standard InChI is InChI=1S/C20H24Cl2N4O4/c1-20(2,3)16-9-12(6-7-25(16)19(28)29)30-15-10-17(27)26(24-18(15)23)11-4-5-13(21)14(22)8-11/h4-5,8,10,12,16H,6-7,9H2,1-3H3,(H2,23,24)(H,28,29). The summed E-state index contributed by atoms with van der Waals surface area (Å²) >= 11 is 11.9. The molecule has 1 aromatic heterocycles. The van der Waals surface area contributed by atoms with Crippen LogP contribution in [0.3, 0.4) is 0 Å². The molecule has 1 amide bonds. The minimum absolute atomic E-state index is 0.0497. The zero-order valence-electron chi connectivity index (χ0n) is 16.9. The number of nitrogens with zero attached hydrogens (tertiary/aromatic N) is 3. The van der Waals surface area contributed by atoms with Gasteiger partial charge in [0.1, 0.15) is 6.10 Å². The van der Waals surface area contributed by atoms with E-state index in [-0.39, 0.29) is 29.1 Å². The zero-order chi connectivity index (χ0) is 22.2. The topological polar surface area (TPSA) is 111 Å². The third-order valence-electron chi connectivity index (χ3n) is 5.16. The van der Waals surface area contributed by atoms with Crippen LogP contribution in [0.25, 0.3) is 5.69 Å². The molecule has 0 radical (unpaired) electrons. The van der Waals surface area contributed by atoms with Gasteiger partial charge in [0.2, 0.25) is 0 Å². The van der Waals surface area contributed by atoms with Gasteiger partial charge in [0, 0.05) is 25.4 Å². The first-order valence-electron chi connectivity index (χ1n) is 9.49. The summed E-state index contributed by atoms with van der Waals surface area (Å²) in [7, 11) is 0. The number of aromatic nitrogens is 2. The van der Waals surface area contributed by atoms with Gasteiger partial charge in [0.05, 0.1) is 21.8 Å². The Bertz CT molecular complexity index is 1020. The number of hydrogen-bond acceptors (Lipinski definition) is 5. The lowest BCUT2D eigenvalue weighted by atomic mass is 9.80. The van der Waals surface area contributed by atoms with Crippen molar-refractivity contribution >= 4 is 35.1 Å². The molecule has 2 heterocycles. The minimum Gasteiger partial charge on any atom is -0.486 e. The first-order valence-corrected chi connectivity index (χ1v) is 10.2. The first-order chi connectivity index (χ1) is 14.0. The molecule has 10 heteroatoms. The molecule has 1 aromatic carbocycles. The zero-order valence-corrected chi connectivity index (χ0v) is 18.4. The van der Waals surface area contributed by atoms with Crippen LogP contribution in [0.15, 0.2) is 29.1 Å². The summed E-state index contributed by atoms with van der Waals surface area (Å²) in [6.45, 7) is 6.31. The number of hydrogen-bond donors (Lipinski definition) is 2. The van der Waals surface area contributed by atoms with Crippen molar-refractivity contribution < 1.29 is 14.6 Å². The minimum atomic E-state index is -0.946. The molecule has 1 saturated heterocycles. The number of carbonyl (C=O) groups is 1. The maximum atomic E-state index is 12.6. The monoisotopic (exact) mass is 454 g/mol. The molecule has 3 rings (SSSR count). The summed E-state index contributed by atoms with van der Waals surface area (Å²) in [5, 5.41) is 14.3. The average molecular weight is 455 g/mol. The third kappa shape index (κ3) is 4.65. The van der Waals surface area contributed by atoms with E-state index in [1.165, 1.54) is 17.0 Å². The van der Waals surface area contributed by atoms with E-state index < -0.39 is 11.7 Å². The molecule has 3 N–H and O–H groups in total. The summed E-state index contributed by atoms with van der Waals surface area (Å²) in [6.07, 6.45) is -0.243. The van der Waals surface area contributed by atoms with Gasteiger partial charge in [-0.2, -0.15) is 4.68 Å². The van der Waals surface area contributed by atoms with Crippen molar-refractivity contribution in [3.05, 3.63) is 44.7 Å². The van der Waals surface area contributed by atoms with Crippen LogP contribution in [0.2, 0.25) is 10.0 Å². The van der Waals surface area contributed by atoms with E-state index >= 15 is 0 Å². The van der Waals surface area contributed by atoms with Crippen LogP contribution in [0, 0.1) is 5.41 Å². The molecule has 0 bridgehead atoms. The van der Waals surface area contributed by atoms with Crippen molar-refractivity contribution in [1.29, 1.82) is 0 Å².